The zero-order valence-corrected chi connectivity index (χ0v) is 4.18. The molecule has 0 amide bonds. The average molecular weight is 117 g/mol. The lowest BCUT2D eigenvalue weighted by molar-refractivity contribution is 0.615. The smallest absolute Gasteiger partial charge is 0.213 e. The highest BCUT2D eigenvalue weighted by molar-refractivity contribution is 8.13. The van der Waals surface area contributed by atoms with Crippen molar-refractivity contribution in [1.82, 2.24) is 0 Å². The van der Waals surface area contributed by atoms with Crippen LogP contribution in [0.1, 0.15) is 0 Å². The van der Waals surface area contributed by atoms with Crippen LogP contribution in [0.15, 0.2) is 0 Å². The van der Waals surface area contributed by atoms with Gasteiger partial charge in [-0.1, -0.05) is 0 Å². The fraction of sp³-hybridized carbons (Fsp3) is 1.00. The largest absolute Gasteiger partial charge is 0.229 e. The van der Waals surface area contributed by atoms with Crippen molar-refractivity contribution in [3.63, 3.8) is 0 Å². The second kappa shape index (κ2) is 1.14. The first kappa shape index (κ1) is 5.24. The van der Waals surface area contributed by atoms with E-state index in [9.17, 15) is 8.42 Å². The number of hydrogen-bond acceptors (Lipinski definition) is 2. The maximum Gasteiger partial charge on any atom is 0.229 e. The van der Waals surface area contributed by atoms with Crippen LogP contribution in [-0.2, 0) is 9.05 Å². The van der Waals surface area contributed by atoms with Crippen molar-refractivity contribution in [2.75, 3.05) is 6.26 Å². The van der Waals surface area contributed by atoms with E-state index < -0.39 is 9.05 Å². The van der Waals surface area contributed by atoms with E-state index in [1.807, 2.05) is 0 Å². The molecule has 0 fully saturated rings. The molecule has 0 aromatic heterocycles. The molecule has 2 nitrogen and oxygen atoms in total. The molecule has 0 N–H and O–H groups in total. The molecule has 5 heavy (non-hydrogen) atoms. The summed E-state index contributed by atoms with van der Waals surface area (Å²) in [4.78, 5) is 0. The van der Waals surface area contributed by atoms with Gasteiger partial charge in [-0.2, -0.15) is 0 Å². The minimum absolute atomic E-state index is 0.925. The Balaban J connectivity index is 4.06. The van der Waals surface area contributed by atoms with Crippen LogP contribution in [-0.4, -0.2) is 14.7 Å². The molecular weight excluding hydrogens is 114 g/mol. The summed E-state index contributed by atoms with van der Waals surface area (Å²) < 4.78 is 18.8. The Kier molecular flexibility index (Phi) is 1.20. The summed E-state index contributed by atoms with van der Waals surface area (Å²) in [6.07, 6.45) is 0.925. The third kappa shape index (κ3) is 369. The Labute approximate surface area is 35.2 Å². The van der Waals surface area contributed by atoms with E-state index in [0.29, 0.717) is 0 Å². The highest BCUT2D eigenvalue weighted by Gasteiger charge is 1.83. The van der Waals surface area contributed by atoms with Crippen molar-refractivity contribution < 1.29 is 8.42 Å². The Morgan fingerprint density at radius 2 is 1.60 bits per heavy atom. The zero-order chi connectivity index (χ0) is 4.50. The standard InChI is InChI=1S/CH3ClO2S/c1-5(2,3)4/h1H3/i5+3. The topological polar surface area (TPSA) is 34.1 Å². The normalized spacial score (nSPS) is 11.6. The second-order valence-electron chi connectivity index (χ2n) is 0.682. The summed E-state index contributed by atoms with van der Waals surface area (Å²) in [5, 5.41) is 0. The molecule has 0 aliphatic heterocycles. The van der Waals surface area contributed by atoms with E-state index in [-0.39, 0.29) is 0 Å². The van der Waals surface area contributed by atoms with Gasteiger partial charge < -0.3 is 0 Å². The van der Waals surface area contributed by atoms with Gasteiger partial charge in [-0.15, -0.1) is 0 Å². The molecule has 0 aromatic rings. The lowest BCUT2D eigenvalue weighted by Crippen LogP contribution is -1.76. The monoisotopic (exact) mass is 117 g/mol. The van der Waals surface area contributed by atoms with E-state index >= 15 is 0 Å². The minimum atomic E-state index is -3.19. The zero-order valence-electron chi connectivity index (χ0n) is 2.60. The molecule has 0 unspecified atom stereocenters. The Bertz CT molecular complexity index is 92.8. The maximum atomic E-state index is 9.40. The van der Waals surface area contributed by atoms with Gasteiger partial charge >= 0.3 is 0 Å². The van der Waals surface area contributed by atoms with Crippen LogP contribution in [0.5, 0.6) is 0 Å². The first-order valence-electron chi connectivity index (χ1n) is 0.896. The minimum Gasteiger partial charge on any atom is -0.213 e. The van der Waals surface area contributed by atoms with E-state index in [0.717, 1.165) is 6.26 Å². The van der Waals surface area contributed by atoms with Crippen LogP contribution < -0.4 is 0 Å². The highest BCUT2D eigenvalue weighted by Crippen LogP contribution is 1.83. The molecule has 0 saturated carbocycles. The van der Waals surface area contributed by atoms with E-state index in [2.05, 4.69) is 10.7 Å². The summed E-state index contributed by atoms with van der Waals surface area (Å²) in [5.74, 6) is 0. The highest BCUT2D eigenvalue weighted by atomic mass is 36.3. The Morgan fingerprint density at radius 3 is 1.60 bits per heavy atom. The molecule has 0 atom stereocenters. The molecule has 0 rings (SSSR count). The molecule has 0 spiro atoms. The van der Waals surface area contributed by atoms with Gasteiger partial charge in [0, 0.05) is 10.7 Å². The number of rotatable bonds is 0. The van der Waals surface area contributed by atoms with Gasteiger partial charge in [-0.05, 0) is 0 Å². The maximum absolute atomic E-state index is 9.40. The van der Waals surface area contributed by atoms with Crippen molar-refractivity contribution in [1.29, 1.82) is 0 Å². The van der Waals surface area contributed by atoms with Crippen LogP contribution >= 0.6 is 10.7 Å². The molecule has 0 radical (unpaired) electrons. The van der Waals surface area contributed by atoms with Crippen LogP contribution in [0, 0.1) is 0 Å². The summed E-state index contributed by atoms with van der Waals surface area (Å²) in [5.41, 5.74) is 0. The molecule has 0 aliphatic rings. The summed E-state index contributed by atoms with van der Waals surface area (Å²) >= 11 is 0. The lowest BCUT2D eigenvalue weighted by atomic mass is 12.0. The molecule has 32 valence electrons. The van der Waals surface area contributed by atoms with Crippen LogP contribution in [0.3, 0.4) is 0 Å². The van der Waals surface area contributed by atoms with E-state index in [1.165, 1.54) is 0 Å². The third-order valence-corrected chi connectivity index (χ3v) is 0. The number of hydrogen-bond donors (Lipinski definition) is 0. The summed E-state index contributed by atoms with van der Waals surface area (Å²) in [6.45, 7) is 0. The number of halogens is 1. The van der Waals surface area contributed by atoms with Gasteiger partial charge in [0.2, 0.25) is 9.05 Å². The fourth-order valence-corrected chi connectivity index (χ4v) is 0. The van der Waals surface area contributed by atoms with Crippen LogP contribution in [0.4, 0.5) is 0 Å². The van der Waals surface area contributed by atoms with Crippen molar-refractivity contribution in [3.8, 4) is 0 Å². The van der Waals surface area contributed by atoms with Gasteiger partial charge in [0.25, 0.3) is 0 Å². The van der Waals surface area contributed by atoms with Crippen molar-refractivity contribution in [2.24, 2.45) is 0 Å². The summed E-state index contributed by atoms with van der Waals surface area (Å²) in [6, 6.07) is 0. The molecule has 0 aliphatic carbocycles. The first-order chi connectivity index (χ1) is 2.00. The van der Waals surface area contributed by atoms with E-state index in [4.69, 9.17) is 0 Å². The predicted molar refractivity (Wildman–Crippen MR) is 20.7 cm³/mol. The molecule has 0 heterocycles. The third-order valence-electron chi connectivity index (χ3n) is 0. The predicted octanol–water partition coefficient (Wildman–Crippen LogP) is 0.185. The second-order valence-corrected chi connectivity index (χ2v) is 3.73. The molecule has 0 saturated heterocycles. The average Bonchev–Trinajstić information content (AvgIpc) is 0.722. The molecular formula is CH3ClO2S. The lowest BCUT2D eigenvalue weighted by Gasteiger charge is -1.65. The molecule has 0 aromatic carbocycles. The van der Waals surface area contributed by atoms with Crippen molar-refractivity contribution in [3.05, 3.63) is 0 Å². The van der Waals surface area contributed by atoms with Crippen molar-refractivity contribution in [2.45, 2.75) is 0 Å². The van der Waals surface area contributed by atoms with Gasteiger partial charge in [0.15, 0.2) is 0 Å². The summed E-state index contributed by atoms with van der Waals surface area (Å²) in [7, 11) is 1.31. The fourth-order valence-electron chi connectivity index (χ4n) is 0. The Morgan fingerprint density at radius 1 is 1.60 bits per heavy atom. The van der Waals surface area contributed by atoms with Crippen molar-refractivity contribution >= 4 is 19.7 Å². The van der Waals surface area contributed by atoms with Gasteiger partial charge in [0.05, 0.1) is 6.26 Å². The van der Waals surface area contributed by atoms with Crippen LogP contribution in [0.2, 0.25) is 0 Å². The van der Waals surface area contributed by atoms with Gasteiger partial charge in [-0.25, -0.2) is 8.42 Å². The quantitative estimate of drug-likeness (QED) is 0.424. The van der Waals surface area contributed by atoms with Crippen LogP contribution in [0.25, 0.3) is 0 Å². The Hall–Kier alpha value is 0.240. The molecule has 4 heteroatoms. The van der Waals surface area contributed by atoms with E-state index in [1.54, 1.807) is 0 Å². The first-order valence-corrected chi connectivity index (χ1v) is 3.61. The van der Waals surface area contributed by atoms with Gasteiger partial charge in [-0.3, -0.25) is 0 Å². The SMILES string of the molecule is C[35S](=O)(=O)Cl. The molecule has 0 bridgehead atoms. The van der Waals surface area contributed by atoms with Gasteiger partial charge in [0.1, 0.15) is 0 Å².